The molecule has 90 valence electrons. The highest BCUT2D eigenvalue weighted by molar-refractivity contribution is 6.35. The van der Waals surface area contributed by atoms with Crippen LogP contribution in [0.3, 0.4) is 0 Å². The molecule has 2 nitrogen and oxygen atoms in total. The maximum absolute atomic E-state index is 12.1. The predicted molar refractivity (Wildman–Crippen MR) is 65.3 cm³/mol. The Morgan fingerprint density at radius 2 is 2.12 bits per heavy atom. The Hall–Kier alpha value is -0.510. The smallest absolute Gasteiger partial charge is 0.142 e. The monoisotopic (exact) mass is 265 g/mol. The summed E-state index contributed by atoms with van der Waals surface area (Å²) in [6, 6.07) is 3.36. The van der Waals surface area contributed by atoms with Crippen LogP contribution in [0, 0.1) is 0 Å². The number of hydrogen-bond donors (Lipinski definition) is 1. The molecule has 0 radical (unpaired) electrons. The van der Waals surface area contributed by atoms with E-state index >= 15 is 0 Å². The van der Waals surface area contributed by atoms with Crippen molar-refractivity contribution >= 4 is 23.2 Å². The van der Waals surface area contributed by atoms with Gasteiger partial charge in [-0.2, -0.15) is 0 Å². The van der Waals surface area contributed by atoms with E-state index in [1.807, 2.05) is 6.92 Å². The summed E-state index contributed by atoms with van der Waals surface area (Å²) in [6.07, 6.45) is 0. The highest BCUT2D eigenvalue weighted by Crippen LogP contribution is 2.32. The van der Waals surface area contributed by atoms with E-state index in [0.29, 0.717) is 22.3 Å². The van der Waals surface area contributed by atoms with Crippen LogP contribution in [-0.2, 0) is 6.54 Å². The van der Waals surface area contributed by atoms with Crippen LogP contribution in [0.15, 0.2) is 12.1 Å². The van der Waals surface area contributed by atoms with Gasteiger partial charge < -0.3 is 10.1 Å². The van der Waals surface area contributed by atoms with Crippen LogP contribution in [0.4, 0.5) is 4.39 Å². The molecule has 1 aromatic carbocycles. The highest BCUT2D eigenvalue weighted by Gasteiger charge is 2.10. The molecule has 0 aromatic heterocycles. The Morgan fingerprint density at radius 1 is 1.38 bits per heavy atom. The fourth-order valence-corrected chi connectivity index (χ4v) is 1.90. The molecule has 0 bridgehead atoms. The van der Waals surface area contributed by atoms with E-state index in [0.717, 1.165) is 12.1 Å². The van der Waals surface area contributed by atoms with Gasteiger partial charge in [0.25, 0.3) is 0 Å². The van der Waals surface area contributed by atoms with Crippen molar-refractivity contribution < 1.29 is 9.13 Å². The molecule has 0 aliphatic carbocycles. The first-order valence-electron chi connectivity index (χ1n) is 5.06. The lowest BCUT2D eigenvalue weighted by Crippen LogP contribution is -2.13. The molecular formula is C11H14Cl2FNO. The summed E-state index contributed by atoms with van der Waals surface area (Å²) in [7, 11) is 0. The molecule has 0 amide bonds. The van der Waals surface area contributed by atoms with Crippen molar-refractivity contribution in [2.24, 2.45) is 0 Å². The minimum Gasteiger partial charge on any atom is -0.489 e. The zero-order valence-corrected chi connectivity index (χ0v) is 10.5. The first-order valence-corrected chi connectivity index (χ1v) is 5.82. The third-order valence-corrected chi connectivity index (χ3v) is 2.47. The van der Waals surface area contributed by atoms with Gasteiger partial charge in [-0.3, -0.25) is 0 Å². The maximum Gasteiger partial charge on any atom is 0.142 e. The van der Waals surface area contributed by atoms with Gasteiger partial charge in [0, 0.05) is 17.1 Å². The second-order valence-corrected chi connectivity index (χ2v) is 4.04. The van der Waals surface area contributed by atoms with Crippen LogP contribution in [0.1, 0.15) is 12.5 Å². The van der Waals surface area contributed by atoms with Gasteiger partial charge in [-0.25, -0.2) is 4.39 Å². The number of nitrogens with one attached hydrogen (secondary N) is 1. The standard InChI is InChI=1S/C11H14Cl2FNO/c1-2-15-7-8-5-9(12)6-10(13)11(8)16-4-3-14/h5-6,15H,2-4,7H2,1H3. The molecule has 0 heterocycles. The number of rotatable bonds is 6. The molecule has 0 aliphatic rings. The molecule has 5 heteroatoms. The summed E-state index contributed by atoms with van der Waals surface area (Å²) in [6.45, 7) is 2.87. The normalized spacial score (nSPS) is 10.5. The summed E-state index contributed by atoms with van der Waals surface area (Å²) < 4.78 is 17.3. The lowest BCUT2D eigenvalue weighted by atomic mass is 10.2. The molecule has 1 N–H and O–H groups in total. The van der Waals surface area contributed by atoms with E-state index in [1.165, 1.54) is 0 Å². The lowest BCUT2D eigenvalue weighted by Gasteiger charge is -2.13. The van der Waals surface area contributed by atoms with Gasteiger partial charge in [0.05, 0.1) is 5.02 Å². The van der Waals surface area contributed by atoms with Crippen molar-refractivity contribution in [2.75, 3.05) is 19.8 Å². The zero-order chi connectivity index (χ0) is 12.0. The van der Waals surface area contributed by atoms with Gasteiger partial charge in [-0.15, -0.1) is 0 Å². The molecule has 0 atom stereocenters. The zero-order valence-electron chi connectivity index (χ0n) is 9.03. The van der Waals surface area contributed by atoms with E-state index in [9.17, 15) is 4.39 Å². The number of hydrogen-bond acceptors (Lipinski definition) is 2. The Kier molecular flexibility index (Phi) is 5.88. The summed E-state index contributed by atoms with van der Waals surface area (Å²) in [5, 5.41) is 4.10. The molecule has 0 saturated heterocycles. The summed E-state index contributed by atoms with van der Waals surface area (Å²) in [5.41, 5.74) is 0.841. The van der Waals surface area contributed by atoms with Gasteiger partial charge in [0.15, 0.2) is 0 Å². The highest BCUT2D eigenvalue weighted by atomic mass is 35.5. The summed E-state index contributed by atoms with van der Waals surface area (Å²) >= 11 is 11.9. The topological polar surface area (TPSA) is 21.3 Å². The number of alkyl halides is 1. The van der Waals surface area contributed by atoms with E-state index in [4.69, 9.17) is 27.9 Å². The first-order chi connectivity index (χ1) is 7.69. The largest absolute Gasteiger partial charge is 0.489 e. The molecular weight excluding hydrogens is 252 g/mol. The second-order valence-electron chi connectivity index (χ2n) is 3.19. The number of ether oxygens (including phenoxy) is 1. The van der Waals surface area contributed by atoms with Crippen LogP contribution in [0.2, 0.25) is 10.0 Å². The van der Waals surface area contributed by atoms with Crippen molar-refractivity contribution in [3.8, 4) is 5.75 Å². The predicted octanol–water partition coefficient (Wildman–Crippen LogP) is 3.45. The molecule has 0 aliphatic heterocycles. The molecule has 0 unspecified atom stereocenters. The maximum atomic E-state index is 12.1. The van der Waals surface area contributed by atoms with Crippen molar-refractivity contribution in [2.45, 2.75) is 13.5 Å². The molecule has 0 fully saturated rings. The fraction of sp³-hybridized carbons (Fsp3) is 0.455. The number of benzene rings is 1. The lowest BCUT2D eigenvalue weighted by molar-refractivity contribution is 0.271. The Balaban J connectivity index is 2.91. The molecule has 0 saturated carbocycles. The van der Waals surface area contributed by atoms with Gasteiger partial charge >= 0.3 is 0 Å². The van der Waals surface area contributed by atoms with E-state index in [-0.39, 0.29) is 6.61 Å². The Morgan fingerprint density at radius 3 is 2.75 bits per heavy atom. The van der Waals surface area contributed by atoms with Crippen LogP contribution >= 0.6 is 23.2 Å². The van der Waals surface area contributed by atoms with Gasteiger partial charge in [0.1, 0.15) is 19.0 Å². The quantitative estimate of drug-likeness (QED) is 0.851. The fourth-order valence-electron chi connectivity index (χ4n) is 1.31. The van der Waals surface area contributed by atoms with Crippen LogP contribution < -0.4 is 10.1 Å². The average Bonchev–Trinajstić information content (AvgIpc) is 2.24. The molecule has 16 heavy (non-hydrogen) atoms. The van der Waals surface area contributed by atoms with Crippen LogP contribution in [0.25, 0.3) is 0 Å². The SMILES string of the molecule is CCNCc1cc(Cl)cc(Cl)c1OCCF. The van der Waals surface area contributed by atoms with Crippen LogP contribution in [-0.4, -0.2) is 19.8 Å². The van der Waals surface area contributed by atoms with Crippen molar-refractivity contribution in [1.82, 2.24) is 5.32 Å². The van der Waals surface area contributed by atoms with Gasteiger partial charge in [-0.1, -0.05) is 30.1 Å². The minimum absolute atomic E-state index is 0.000474. The molecule has 0 spiro atoms. The van der Waals surface area contributed by atoms with Crippen molar-refractivity contribution in [3.05, 3.63) is 27.7 Å². The first kappa shape index (κ1) is 13.6. The Labute approximate surface area is 105 Å². The molecule has 1 rings (SSSR count). The van der Waals surface area contributed by atoms with Crippen molar-refractivity contribution in [1.29, 1.82) is 0 Å². The van der Waals surface area contributed by atoms with E-state index < -0.39 is 6.67 Å². The summed E-state index contributed by atoms with van der Waals surface area (Å²) in [4.78, 5) is 0. The minimum atomic E-state index is -0.542. The third-order valence-electron chi connectivity index (χ3n) is 1.97. The summed E-state index contributed by atoms with van der Waals surface area (Å²) in [5.74, 6) is 0.504. The second kappa shape index (κ2) is 6.94. The van der Waals surface area contributed by atoms with E-state index in [2.05, 4.69) is 5.32 Å². The average molecular weight is 266 g/mol. The van der Waals surface area contributed by atoms with Gasteiger partial charge in [0.2, 0.25) is 0 Å². The Bertz CT molecular complexity index is 347. The molecule has 1 aromatic rings. The number of halogens is 3. The van der Waals surface area contributed by atoms with Crippen LogP contribution in [0.5, 0.6) is 5.75 Å². The van der Waals surface area contributed by atoms with Gasteiger partial charge in [-0.05, 0) is 18.7 Å². The van der Waals surface area contributed by atoms with E-state index in [1.54, 1.807) is 12.1 Å². The third kappa shape index (κ3) is 3.81. The van der Waals surface area contributed by atoms with Crippen molar-refractivity contribution in [3.63, 3.8) is 0 Å².